The quantitative estimate of drug-likeness (QED) is 0.778. The molecule has 0 saturated carbocycles. The minimum atomic E-state index is -0.225. The Morgan fingerprint density at radius 3 is 3.00 bits per heavy atom. The van der Waals surface area contributed by atoms with Crippen molar-refractivity contribution in [3.8, 4) is 16.5 Å². The van der Waals surface area contributed by atoms with Crippen LogP contribution in [0.3, 0.4) is 0 Å². The van der Waals surface area contributed by atoms with Crippen LogP contribution in [-0.2, 0) is 4.74 Å². The fourth-order valence-electron chi connectivity index (χ4n) is 1.52. The summed E-state index contributed by atoms with van der Waals surface area (Å²) >= 11 is 1.26. The largest absolute Gasteiger partial charge is 0.477 e. The fourth-order valence-corrected chi connectivity index (χ4v) is 2.31. The third-order valence-corrected chi connectivity index (χ3v) is 3.47. The van der Waals surface area contributed by atoms with Crippen molar-refractivity contribution in [2.75, 3.05) is 26.9 Å². The number of aromatic nitrogens is 3. The van der Waals surface area contributed by atoms with Gasteiger partial charge in [-0.05, 0) is 6.92 Å². The molecule has 7 nitrogen and oxygen atoms in total. The van der Waals surface area contributed by atoms with E-state index in [4.69, 9.17) is 9.47 Å². The van der Waals surface area contributed by atoms with Gasteiger partial charge in [0.25, 0.3) is 5.91 Å². The molecule has 0 radical (unpaired) electrons. The Bertz CT molecular complexity index is 603. The Labute approximate surface area is 126 Å². The molecule has 0 aliphatic heterocycles. The van der Waals surface area contributed by atoms with E-state index in [2.05, 4.69) is 20.3 Å². The Hall–Kier alpha value is -2.06. The van der Waals surface area contributed by atoms with Crippen molar-refractivity contribution in [2.45, 2.75) is 6.92 Å². The number of amides is 1. The van der Waals surface area contributed by atoms with Gasteiger partial charge in [0.15, 0.2) is 5.01 Å². The molecular weight excluding hydrogens is 292 g/mol. The number of rotatable bonds is 7. The zero-order valence-electron chi connectivity index (χ0n) is 11.8. The van der Waals surface area contributed by atoms with Crippen LogP contribution in [0, 0.1) is 0 Å². The normalized spacial score (nSPS) is 10.4. The average molecular weight is 308 g/mol. The van der Waals surface area contributed by atoms with Gasteiger partial charge >= 0.3 is 0 Å². The van der Waals surface area contributed by atoms with Crippen LogP contribution < -0.4 is 10.1 Å². The lowest BCUT2D eigenvalue weighted by molar-refractivity contribution is 0.0936. The molecule has 0 bridgehead atoms. The number of nitrogens with zero attached hydrogens (tertiary/aromatic N) is 3. The van der Waals surface area contributed by atoms with Gasteiger partial charge in [-0.15, -0.1) is 11.3 Å². The molecule has 0 aliphatic carbocycles. The number of carbonyl (C=O) groups is 1. The summed E-state index contributed by atoms with van der Waals surface area (Å²) < 4.78 is 10.2. The van der Waals surface area contributed by atoms with Crippen LogP contribution in [0.2, 0.25) is 0 Å². The number of thiazole rings is 1. The monoisotopic (exact) mass is 308 g/mol. The van der Waals surface area contributed by atoms with E-state index < -0.39 is 0 Å². The summed E-state index contributed by atoms with van der Waals surface area (Å²) in [6.45, 7) is 3.31. The van der Waals surface area contributed by atoms with Crippen LogP contribution in [0.5, 0.6) is 5.88 Å². The van der Waals surface area contributed by atoms with Crippen molar-refractivity contribution >= 4 is 17.2 Å². The highest BCUT2D eigenvalue weighted by atomic mass is 32.1. The van der Waals surface area contributed by atoms with E-state index in [0.717, 1.165) is 4.88 Å². The second-order valence-corrected chi connectivity index (χ2v) is 4.98. The molecule has 0 aromatic carbocycles. The Morgan fingerprint density at radius 1 is 1.38 bits per heavy atom. The molecule has 2 rings (SSSR count). The van der Waals surface area contributed by atoms with Gasteiger partial charge in [-0.1, -0.05) is 0 Å². The first-order chi connectivity index (χ1) is 10.2. The van der Waals surface area contributed by atoms with Crippen molar-refractivity contribution in [1.29, 1.82) is 0 Å². The molecule has 0 atom stereocenters. The molecule has 112 valence electrons. The number of carbonyl (C=O) groups excluding carboxylic acids is 1. The Balaban J connectivity index is 2.08. The lowest BCUT2D eigenvalue weighted by Gasteiger charge is -2.02. The fraction of sp³-hybridized carbons (Fsp3) is 0.385. The van der Waals surface area contributed by atoms with Gasteiger partial charge in [0, 0.05) is 19.9 Å². The number of hydrogen-bond donors (Lipinski definition) is 1. The summed E-state index contributed by atoms with van der Waals surface area (Å²) in [6.07, 6.45) is 4.77. The van der Waals surface area contributed by atoms with Crippen molar-refractivity contribution < 1.29 is 14.3 Å². The van der Waals surface area contributed by atoms with Gasteiger partial charge in [0.05, 0.1) is 30.5 Å². The zero-order valence-corrected chi connectivity index (χ0v) is 12.6. The van der Waals surface area contributed by atoms with Gasteiger partial charge in [-0.2, -0.15) is 0 Å². The molecule has 1 amide bonds. The van der Waals surface area contributed by atoms with E-state index in [0.29, 0.717) is 36.3 Å². The predicted octanol–water partition coefficient (Wildman–Crippen LogP) is 1.37. The number of methoxy groups -OCH3 is 1. The van der Waals surface area contributed by atoms with Crippen molar-refractivity contribution in [3.63, 3.8) is 0 Å². The smallest absolute Gasteiger partial charge is 0.280 e. The molecule has 2 aromatic heterocycles. The molecule has 21 heavy (non-hydrogen) atoms. The second-order valence-electron chi connectivity index (χ2n) is 3.95. The minimum Gasteiger partial charge on any atom is -0.477 e. The van der Waals surface area contributed by atoms with E-state index in [9.17, 15) is 4.79 Å². The van der Waals surface area contributed by atoms with E-state index in [1.807, 2.05) is 6.92 Å². The summed E-state index contributed by atoms with van der Waals surface area (Å²) in [5.74, 6) is 0.228. The molecule has 0 unspecified atom stereocenters. The third-order valence-electron chi connectivity index (χ3n) is 2.45. The highest BCUT2D eigenvalue weighted by molar-refractivity contribution is 7.16. The lowest BCUT2D eigenvalue weighted by Crippen LogP contribution is -2.26. The van der Waals surface area contributed by atoms with E-state index in [1.54, 1.807) is 25.7 Å². The van der Waals surface area contributed by atoms with Crippen molar-refractivity contribution in [3.05, 3.63) is 23.6 Å². The Kier molecular flexibility index (Phi) is 5.59. The first kappa shape index (κ1) is 15.3. The van der Waals surface area contributed by atoms with Gasteiger partial charge in [0.2, 0.25) is 5.88 Å². The van der Waals surface area contributed by atoms with Crippen molar-refractivity contribution in [1.82, 2.24) is 20.3 Å². The van der Waals surface area contributed by atoms with Gasteiger partial charge < -0.3 is 14.8 Å². The molecule has 0 saturated heterocycles. The van der Waals surface area contributed by atoms with E-state index in [1.165, 1.54) is 11.3 Å². The van der Waals surface area contributed by atoms with Gasteiger partial charge in [-0.25, -0.2) is 9.97 Å². The molecule has 2 aromatic rings. The molecule has 0 fully saturated rings. The summed E-state index contributed by atoms with van der Waals surface area (Å²) in [5, 5.41) is 3.10. The average Bonchev–Trinajstić information content (AvgIpc) is 2.98. The summed E-state index contributed by atoms with van der Waals surface area (Å²) in [5.41, 5.74) is 0.634. The maximum atomic E-state index is 11.9. The second kappa shape index (κ2) is 7.65. The number of ether oxygens (including phenoxy) is 2. The topological polar surface area (TPSA) is 86.2 Å². The number of hydrogen-bond acceptors (Lipinski definition) is 7. The van der Waals surface area contributed by atoms with Crippen molar-refractivity contribution in [2.24, 2.45) is 0 Å². The highest BCUT2D eigenvalue weighted by Gasteiger charge is 2.13. The molecule has 0 aliphatic rings. The van der Waals surface area contributed by atoms with E-state index >= 15 is 0 Å². The van der Waals surface area contributed by atoms with E-state index in [-0.39, 0.29) is 5.91 Å². The summed E-state index contributed by atoms with van der Waals surface area (Å²) in [6, 6.07) is 0. The predicted molar refractivity (Wildman–Crippen MR) is 78.5 cm³/mol. The zero-order chi connectivity index (χ0) is 15.1. The maximum absolute atomic E-state index is 11.9. The molecule has 1 N–H and O–H groups in total. The molecule has 8 heteroatoms. The maximum Gasteiger partial charge on any atom is 0.280 e. The summed E-state index contributed by atoms with van der Waals surface area (Å²) in [4.78, 5) is 25.1. The standard InChI is InChI=1S/C13H16N4O3S/c1-3-20-11-8-14-6-9(17-11)10-7-16-13(21-10)12(18)15-4-5-19-2/h6-8H,3-5H2,1-2H3,(H,15,18). The minimum absolute atomic E-state index is 0.225. The molecular formula is C13H16N4O3S. The first-order valence-corrected chi connectivity index (χ1v) is 7.24. The van der Waals surface area contributed by atoms with Crippen LogP contribution >= 0.6 is 11.3 Å². The SMILES string of the molecule is CCOc1cncc(-c2cnc(C(=O)NCCOC)s2)n1. The Morgan fingerprint density at radius 2 is 2.24 bits per heavy atom. The number of nitrogens with one attached hydrogen (secondary N) is 1. The van der Waals surface area contributed by atoms with Gasteiger partial charge in [-0.3, -0.25) is 9.78 Å². The van der Waals surface area contributed by atoms with Crippen LogP contribution in [0.25, 0.3) is 10.6 Å². The lowest BCUT2D eigenvalue weighted by atomic mass is 10.4. The van der Waals surface area contributed by atoms with Crippen LogP contribution in [0.4, 0.5) is 0 Å². The van der Waals surface area contributed by atoms with Crippen LogP contribution in [0.1, 0.15) is 16.7 Å². The van der Waals surface area contributed by atoms with Gasteiger partial charge in [0.1, 0.15) is 5.69 Å². The summed E-state index contributed by atoms with van der Waals surface area (Å²) in [7, 11) is 1.58. The third kappa shape index (κ3) is 4.20. The first-order valence-electron chi connectivity index (χ1n) is 6.42. The molecule has 0 spiro atoms. The van der Waals surface area contributed by atoms with Crippen LogP contribution in [0.15, 0.2) is 18.6 Å². The molecule has 2 heterocycles. The van der Waals surface area contributed by atoms with Crippen LogP contribution in [-0.4, -0.2) is 47.7 Å². The highest BCUT2D eigenvalue weighted by Crippen LogP contribution is 2.25.